The Bertz CT molecular complexity index is 1360. The lowest BCUT2D eigenvalue weighted by molar-refractivity contribution is -0.139. The Labute approximate surface area is 230 Å². The Morgan fingerprint density at radius 1 is 0.842 bits per heavy atom. The van der Waals surface area contributed by atoms with Crippen molar-refractivity contribution in [1.29, 1.82) is 0 Å². The van der Waals surface area contributed by atoms with E-state index in [1.807, 2.05) is 27.7 Å². The van der Waals surface area contributed by atoms with Crippen molar-refractivity contribution in [3.8, 4) is 0 Å². The highest BCUT2D eigenvalue weighted by atomic mass is 35.5. The van der Waals surface area contributed by atoms with Gasteiger partial charge in [-0.05, 0) is 76.6 Å². The molecule has 0 bridgehead atoms. The molecule has 1 N–H and O–H groups in total. The molecule has 202 valence electrons. The number of carbonyl (C=O) groups is 2. The summed E-state index contributed by atoms with van der Waals surface area (Å²) in [4.78, 5) is 28.2. The summed E-state index contributed by atoms with van der Waals surface area (Å²) in [6.07, 6.45) is 0. The van der Waals surface area contributed by atoms with Gasteiger partial charge in [0.05, 0.1) is 10.6 Å². The molecule has 0 heterocycles. The van der Waals surface area contributed by atoms with Gasteiger partial charge < -0.3 is 10.2 Å². The van der Waals surface area contributed by atoms with Crippen molar-refractivity contribution < 1.29 is 18.0 Å². The van der Waals surface area contributed by atoms with E-state index < -0.39 is 28.5 Å². The van der Waals surface area contributed by atoms with Crippen molar-refractivity contribution in [1.82, 2.24) is 10.2 Å². The van der Waals surface area contributed by atoms with Crippen LogP contribution < -0.4 is 9.62 Å². The number of nitrogens with zero attached hydrogens (tertiary/aromatic N) is 2. The van der Waals surface area contributed by atoms with Crippen molar-refractivity contribution in [2.45, 2.75) is 58.1 Å². The monoisotopic (exact) mass is 555 g/mol. The molecule has 0 fully saturated rings. The zero-order chi connectivity index (χ0) is 28.0. The number of rotatable bonds is 10. The Balaban J connectivity index is 2.02. The lowest BCUT2D eigenvalue weighted by atomic mass is 10.1. The molecule has 0 unspecified atom stereocenters. The summed E-state index contributed by atoms with van der Waals surface area (Å²) in [7, 11) is -4.09. The van der Waals surface area contributed by atoms with Crippen LogP contribution in [0.5, 0.6) is 0 Å². The first-order chi connectivity index (χ1) is 17.9. The first-order valence-electron chi connectivity index (χ1n) is 12.4. The molecule has 2 amide bonds. The number of sulfonamides is 1. The molecular weight excluding hydrogens is 522 g/mol. The summed E-state index contributed by atoms with van der Waals surface area (Å²) >= 11 is 6.03. The largest absolute Gasteiger partial charge is 0.352 e. The van der Waals surface area contributed by atoms with E-state index in [-0.39, 0.29) is 23.4 Å². The van der Waals surface area contributed by atoms with Crippen LogP contribution in [0.15, 0.2) is 77.7 Å². The SMILES string of the molecule is Cc1ccc(N(CC(=O)N(Cc2ccc(Cl)cc2)[C@@H](C)C(=O)NC(C)C)S(=O)(=O)c2ccc(C)cc2)cc1. The highest BCUT2D eigenvalue weighted by molar-refractivity contribution is 7.92. The highest BCUT2D eigenvalue weighted by Crippen LogP contribution is 2.25. The van der Waals surface area contributed by atoms with Crippen LogP contribution >= 0.6 is 11.6 Å². The van der Waals surface area contributed by atoms with Crippen LogP contribution in [0.2, 0.25) is 5.02 Å². The fourth-order valence-corrected chi connectivity index (χ4v) is 5.39. The van der Waals surface area contributed by atoms with E-state index in [2.05, 4.69) is 5.32 Å². The van der Waals surface area contributed by atoms with Crippen molar-refractivity contribution >= 4 is 39.1 Å². The molecule has 3 aromatic carbocycles. The summed E-state index contributed by atoms with van der Waals surface area (Å²) in [5.74, 6) is -0.840. The molecule has 7 nitrogen and oxygen atoms in total. The van der Waals surface area contributed by atoms with Crippen LogP contribution in [0.25, 0.3) is 0 Å². The fourth-order valence-electron chi connectivity index (χ4n) is 3.85. The maximum atomic E-state index is 13.8. The molecule has 0 saturated carbocycles. The molecule has 1 atom stereocenters. The van der Waals surface area contributed by atoms with Crippen LogP contribution in [0.1, 0.15) is 37.5 Å². The number of anilines is 1. The van der Waals surface area contributed by atoms with E-state index in [0.717, 1.165) is 21.0 Å². The van der Waals surface area contributed by atoms with Gasteiger partial charge in [0.25, 0.3) is 10.0 Å². The molecule has 0 spiro atoms. The van der Waals surface area contributed by atoms with Gasteiger partial charge in [-0.25, -0.2) is 8.42 Å². The average Bonchev–Trinajstić information content (AvgIpc) is 2.87. The summed E-state index contributed by atoms with van der Waals surface area (Å²) in [5, 5.41) is 3.39. The van der Waals surface area contributed by atoms with Crippen molar-refractivity contribution in [2.24, 2.45) is 0 Å². The minimum atomic E-state index is -4.09. The standard InChI is InChI=1S/C29H34ClN3O4S/c1-20(2)31-29(35)23(5)32(18-24-10-12-25(30)13-11-24)28(34)19-33(26-14-6-21(3)7-15-26)38(36,37)27-16-8-22(4)9-17-27/h6-17,20,23H,18-19H2,1-5H3,(H,31,35)/t23-/m0/s1. The van der Waals surface area contributed by atoms with Crippen LogP contribution in [-0.2, 0) is 26.2 Å². The van der Waals surface area contributed by atoms with Gasteiger partial charge in [-0.3, -0.25) is 13.9 Å². The molecular formula is C29H34ClN3O4S. The van der Waals surface area contributed by atoms with Gasteiger partial charge in [0.1, 0.15) is 12.6 Å². The third-order valence-corrected chi connectivity index (χ3v) is 8.11. The minimum absolute atomic E-state index is 0.0753. The Morgan fingerprint density at radius 3 is 1.89 bits per heavy atom. The van der Waals surface area contributed by atoms with Gasteiger partial charge in [0.2, 0.25) is 11.8 Å². The van der Waals surface area contributed by atoms with Crippen LogP contribution in [0, 0.1) is 13.8 Å². The first kappa shape index (κ1) is 29.2. The normalized spacial score (nSPS) is 12.2. The summed E-state index contributed by atoms with van der Waals surface area (Å²) in [6.45, 7) is 8.70. The van der Waals surface area contributed by atoms with E-state index in [9.17, 15) is 18.0 Å². The van der Waals surface area contributed by atoms with Gasteiger partial charge >= 0.3 is 0 Å². The number of amides is 2. The molecule has 0 aromatic heterocycles. The Hall–Kier alpha value is -3.36. The topological polar surface area (TPSA) is 86.8 Å². The molecule has 3 rings (SSSR count). The second kappa shape index (κ2) is 12.5. The van der Waals surface area contributed by atoms with E-state index >= 15 is 0 Å². The smallest absolute Gasteiger partial charge is 0.264 e. The third-order valence-electron chi connectivity index (χ3n) is 6.07. The van der Waals surface area contributed by atoms with Crippen LogP contribution in [-0.4, -0.2) is 43.8 Å². The number of aryl methyl sites for hydroxylation is 2. The van der Waals surface area contributed by atoms with Crippen molar-refractivity contribution in [3.05, 3.63) is 94.5 Å². The average molecular weight is 556 g/mol. The second-order valence-electron chi connectivity index (χ2n) is 9.65. The van der Waals surface area contributed by atoms with Gasteiger partial charge in [0, 0.05) is 17.6 Å². The molecule has 3 aromatic rings. The quantitative estimate of drug-likeness (QED) is 0.377. The predicted molar refractivity (Wildman–Crippen MR) is 152 cm³/mol. The third kappa shape index (κ3) is 7.36. The Morgan fingerprint density at radius 2 is 1.37 bits per heavy atom. The van der Waals surface area contributed by atoms with Crippen molar-refractivity contribution in [2.75, 3.05) is 10.8 Å². The van der Waals surface area contributed by atoms with Gasteiger partial charge in [-0.15, -0.1) is 0 Å². The number of halogens is 1. The summed E-state index contributed by atoms with van der Waals surface area (Å²) in [5.41, 5.74) is 2.99. The number of hydrogen-bond donors (Lipinski definition) is 1. The maximum Gasteiger partial charge on any atom is 0.264 e. The number of hydrogen-bond acceptors (Lipinski definition) is 4. The minimum Gasteiger partial charge on any atom is -0.352 e. The zero-order valence-corrected chi connectivity index (χ0v) is 23.9. The van der Waals surface area contributed by atoms with Gasteiger partial charge in [-0.2, -0.15) is 0 Å². The molecule has 0 saturated heterocycles. The van der Waals surface area contributed by atoms with E-state index in [1.54, 1.807) is 67.6 Å². The summed E-state index contributed by atoms with van der Waals surface area (Å²) < 4.78 is 28.7. The zero-order valence-electron chi connectivity index (χ0n) is 22.3. The fraction of sp³-hybridized carbons (Fsp3) is 0.310. The Kier molecular flexibility index (Phi) is 9.57. The van der Waals surface area contributed by atoms with Crippen LogP contribution in [0.3, 0.4) is 0 Å². The molecule has 0 aliphatic heterocycles. The van der Waals surface area contributed by atoms with E-state index in [4.69, 9.17) is 11.6 Å². The number of benzene rings is 3. The molecule has 0 radical (unpaired) electrons. The maximum absolute atomic E-state index is 13.8. The number of carbonyl (C=O) groups excluding carboxylic acids is 2. The lowest BCUT2D eigenvalue weighted by Gasteiger charge is -2.32. The highest BCUT2D eigenvalue weighted by Gasteiger charge is 2.32. The van der Waals surface area contributed by atoms with Gasteiger partial charge in [0.15, 0.2) is 0 Å². The van der Waals surface area contributed by atoms with Gasteiger partial charge in [-0.1, -0.05) is 59.1 Å². The number of nitrogens with one attached hydrogen (secondary N) is 1. The molecule has 0 aliphatic rings. The second-order valence-corrected chi connectivity index (χ2v) is 11.9. The predicted octanol–water partition coefficient (Wildman–Crippen LogP) is 5.09. The van der Waals surface area contributed by atoms with E-state index in [1.165, 1.54) is 17.0 Å². The lowest BCUT2D eigenvalue weighted by Crippen LogP contribution is -2.52. The first-order valence-corrected chi connectivity index (χ1v) is 14.2. The molecule has 0 aliphatic carbocycles. The molecule has 9 heteroatoms. The van der Waals surface area contributed by atoms with E-state index in [0.29, 0.717) is 10.7 Å². The summed E-state index contributed by atoms with van der Waals surface area (Å²) in [6, 6.07) is 19.4. The van der Waals surface area contributed by atoms with Crippen molar-refractivity contribution in [3.63, 3.8) is 0 Å². The molecule has 38 heavy (non-hydrogen) atoms. The van der Waals surface area contributed by atoms with Crippen LogP contribution in [0.4, 0.5) is 5.69 Å².